The fourth-order valence-corrected chi connectivity index (χ4v) is 5.20. The SMILES string of the molecule is O=C(N[C@H]1CCS(=O)(=O)C1)c1c(-c2ccccc2)c(-c2ccccc2)n[nH]c1=O. The molecule has 0 spiro atoms. The van der Waals surface area contributed by atoms with Gasteiger partial charge in [-0.25, -0.2) is 13.5 Å². The molecule has 3 aromatic rings. The molecule has 0 bridgehead atoms. The maximum atomic E-state index is 13.1. The Balaban J connectivity index is 1.85. The highest BCUT2D eigenvalue weighted by molar-refractivity contribution is 7.91. The molecule has 148 valence electrons. The summed E-state index contributed by atoms with van der Waals surface area (Å²) < 4.78 is 23.4. The monoisotopic (exact) mass is 409 g/mol. The predicted molar refractivity (Wildman–Crippen MR) is 110 cm³/mol. The lowest BCUT2D eigenvalue weighted by Gasteiger charge is -2.16. The van der Waals surface area contributed by atoms with E-state index in [9.17, 15) is 18.0 Å². The van der Waals surface area contributed by atoms with Gasteiger partial charge >= 0.3 is 0 Å². The number of hydrogen-bond donors (Lipinski definition) is 2. The van der Waals surface area contributed by atoms with E-state index in [0.29, 0.717) is 23.2 Å². The van der Waals surface area contributed by atoms with Crippen molar-refractivity contribution in [3.8, 4) is 22.4 Å². The Hall–Kier alpha value is -3.26. The van der Waals surface area contributed by atoms with Crippen LogP contribution in [0.5, 0.6) is 0 Å². The van der Waals surface area contributed by atoms with Crippen molar-refractivity contribution in [1.82, 2.24) is 15.5 Å². The molecule has 1 aliphatic heterocycles. The van der Waals surface area contributed by atoms with E-state index in [0.717, 1.165) is 5.56 Å². The number of aromatic amines is 1. The van der Waals surface area contributed by atoms with Crippen LogP contribution in [0.4, 0.5) is 0 Å². The smallest absolute Gasteiger partial charge is 0.277 e. The van der Waals surface area contributed by atoms with Crippen molar-refractivity contribution >= 4 is 15.7 Å². The van der Waals surface area contributed by atoms with Crippen LogP contribution in [-0.2, 0) is 9.84 Å². The fourth-order valence-electron chi connectivity index (χ4n) is 3.52. The van der Waals surface area contributed by atoms with E-state index < -0.39 is 27.3 Å². The summed E-state index contributed by atoms with van der Waals surface area (Å²) in [5.41, 5.74) is 1.62. The zero-order valence-electron chi connectivity index (χ0n) is 15.5. The van der Waals surface area contributed by atoms with Gasteiger partial charge in [0, 0.05) is 17.2 Å². The van der Waals surface area contributed by atoms with Crippen molar-refractivity contribution in [3.05, 3.63) is 76.6 Å². The van der Waals surface area contributed by atoms with Crippen LogP contribution in [-0.4, -0.2) is 42.1 Å². The van der Waals surface area contributed by atoms with Crippen molar-refractivity contribution in [2.24, 2.45) is 0 Å². The first-order chi connectivity index (χ1) is 13.9. The van der Waals surface area contributed by atoms with Crippen LogP contribution in [0.25, 0.3) is 22.4 Å². The third-order valence-corrected chi connectivity index (χ3v) is 6.66. The third-order valence-electron chi connectivity index (χ3n) is 4.89. The zero-order chi connectivity index (χ0) is 20.4. The van der Waals surface area contributed by atoms with Crippen molar-refractivity contribution in [2.45, 2.75) is 12.5 Å². The molecule has 2 N–H and O–H groups in total. The van der Waals surface area contributed by atoms with Crippen molar-refractivity contribution in [2.75, 3.05) is 11.5 Å². The number of benzene rings is 2. The minimum absolute atomic E-state index is 0.0332. The normalized spacial score (nSPS) is 17.7. The minimum atomic E-state index is -3.16. The highest BCUT2D eigenvalue weighted by Crippen LogP contribution is 2.31. The second kappa shape index (κ2) is 7.63. The van der Waals surface area contributed by atoms with Crippen LogP contribution in [0.1, 0.15) is 16.8 Å². The Labute approximate surface area is 167 Å². The molecule has 4 rings (SSSR count). The van der Waals surface area contributed by atoms with E-state index in [1.54, 1.807) is 12.1 Å². The number of rotatable bonds is 4. The molecular formula is C21H19N3O4S. The standard InChI is InChI=1S/C21H19N3O4S/c25-20(22-16-11-12-29(27,28)13-16)18-17(14-7-3-1-4-8-14)19(23-24-21(18)26)15-9-5-2-6-10-15/h1-10,16H,11-13H2,(H,22,25)(H,24,26)/t16-/m0/s1. The second-order valence-electron chi connectivity index (χ2n) is 6.96. The molecule has 0 aliphatic carbocycles. The van der Waals surface area contributed by atoms with Gasteiger partial charge in [0.05, 0.1) is 17.2 Å². The summed E-state index contributed by atoms with van der Waals surface area (Å²) in [6, 6.07) is 17.8. The Kier molecular flexibility index (Phi) is 5.02. The molecule has 2 aromatic carbocycles. The number of nitrogens with zero attached hydrogens (tertiary/aromatic N) is 1. The third kappa shape index (κ3) is 3.97. The molecular weight excluding hydrogens is 390 g/mol. The summed E-state index contributed by atoms with van der Waals surface area (Å²) >= 11 is 0. The largest absolute Gasteiger partial charge is 0.348 e. The lowest BCUT2D eigenvalue weighted by atomic mass is 9.95. The average molecular weight is 409 g/mol. The highest BCUT2D eigenvalue weighted by atomic mass is 32.2. The van der Waals surface area contributed by atoms with Crippen molar-refractivity contribution in [1.29, 1.82) is 0 Å². The number of sulfone groups is 1. The quantitative estimate of drug-likeness (QED) is 0.685. The summed E-state index contributed by atoms with van der Waals surface area (Å²) in [6.45, 7) is 0. The first-order valence-electron chi connectivity index (χ1n) is 9.19. The number of hydrogen-bond acceptors (Lipinski definition) is 5. The molecule has 2 heterocycles. The number of amides is 1. The van der Waals surface area contributed by atoms with Crippen molar-refractivity contribution < 1.29 is 13.2 Å². The number of carbonyl (C=O) groups is 1. The van der Waals surface area contributed by atoms with Gasteiger partial charge in [-0.3, -0.25) is 9.59 Å². The van der Waals surface area contributed by atoms with Crippen molar-refractivity contribution in [3.63, 3.8) is 0 Å². The Morgan fingerprint density at radius 1 is 1.00 bits per heavy atom. The van der Waals surface area contributed by atoms with Gasteiger partial charge in [0.2, 0.25) is 0 Å². The summed E-state index contributed by atoms with van der Waals surface area (Å²) in [5, 5.41) is 9.34. The van der Waals surface area contributed by atoms with E-state index >= 15 is 0 Å². The van der Waals surface area contributed by atoms with E-state index in [1.165, 1.54) is 0 Å². The predicted octanol–water partition coefficient (Wildman–Crippen LogP) is 2.02. The molecule has 0 radical (unpaired) electrons. The molecule has 1 aromatic heterocycles. The average Bonchev–Trinajstić information content (AvgIpc) is 3.07. The van der Waals surface area contributed by atoms with Crippen LogP contribution in [0.15, 0.2) is 65.5 Å². The van der Waals surface area contributed by atoms with E-state index in [2.05, 4.69) is 15.5 Å². The first kappa shape index (κ1) is 19.1. The van der Waals surface area contributed by atoms with Crippen LogP contribution in [0, 0.1) is 0 Å². The lowest BCUT2D eigenvalue weighted by molar-refractivity contribution is 0.0940. The molecule has 1 amide bonds. The molecule has 1 atom stereocenters. The van der Waals surface area contributed by atoms with Gasteiger partial charge in [-0.1, -0.05) is 60.7 Å². The minimum Gasteiger partial charge on any atom is -0.348 e. The molecule has 0 unspecified atom stereocenters. The summed E-state index contributed by atoms with van der Waals surface area (Å²) in [5.74, 6) is -0.689. The van der Waals surface area contributed by atoms with Gasteiger partial charge in [0.1, 0.15) is 5.56 Å². The number of aromatic nitrogens is 2. The van der Waals surface area contributed by atoms with Gasteiger partial charge in [-0.2, -0.15) is 5.10 Å². The van der Waals surface area contributed by atoms with Gasteiger partial charge in [-0.15, -0.1) is 0 Å². The molecule has 29 heavy (non-hydrogen) atoms. The maximum absolute atomic E-state index is 13.1. The van der Waals surface area contributed by atoms with E-state index in [4.69, 9.17) is 0 Å². The van der Waals surface area contributed by atoms with Crippen LogP contribution >= 0.6 is 0 Å². The Morgan fingerprint density at radius 3 is 2.21 bits per heavy atom. The maximum Gasteiger partial charge on any atom is 0.277 e. The van der Waals surface area contributed by atoms with Gasteiger partial charge in [-0.05, 0) is 12.0 Å². The first-order valence-corrected chi connectivity index (χ1v) is 11.0. The topological polar surface area (TPSA) is 109 Å². The number of H-pyrrole nitrogens is 1. The number of carbonyl (C=O) groups excluding carboxylic acids is 1. The van der Waals surface area contributed by atoms with Gasteiger partial charge in [0.15, 0.2) is 9.84 Å². The molecule has 1 fully saturated rings. The molecule has 8 heteroatoms. The molecule has 1 aliphatic rings. The molecule has 1 saturated heterocycles. The second-order valence-corrected chi connectivity index (χ2v) is 9.19. The van der Waals surface area contributed by atoms with Gasteiger partial charge < -0.3 is 5.32 Å². The van der Waals surface area contributed by atoms with Crippen LogP contribution in [0.2, 0.25) is 0 Å². The van der Waals surface area contributed by atoms with E-state index in [-0.39, 0.29) is 17.1 Å². The summed E-state index contributed by atoms with van der Waals surface area (Å²) in [6.07, 6.45) is 0.337. The zero-order valence-corrected chi connectivity index (χ0v) is 16.3. The van der Waals surface area contributed by atoms with Crippen LogP contribution in [0.3, 0.4) is 0 Å². The van der Waals surface area contributed by atoms with Gasteiger partial charge in [0.25, 0.3) is 11.5 Å². The van der Waals surface area contributed by atoms with Crippen LogP contribution < -0.4 is 10.9 Å². The lowest BCUT2D eigenvalue weighted by Crippen LogP contribution is -2.39. The molecule has 0 saturated carbocycles. The summed E-state index contributed by atoms with van der Waals surface area (Å²) in [7, 11) is -3.16. The Morgan fingerprint density at radius 2 is 1.62 bits per heavy atom. The summed E-state index contributed by atoms with van der Waals surface area (Å²) in [4.78, 5) is 25.7. The highest BCUT2D eigenvalue weighted by Gasteiger charge is 2.31. The number of nitrogens with one attached hydrogen (secondary N) is 2. The molecule has 7 nitrogen and oxygen atoms in total. The Bertz CT molecular complexity index is 1210. The fraction of sp³-hybridized carbons (Fsp3) is 0.190. The van der Waals surface area contributed by atoms with E-state index in [1.807, 2.05) is 48.5 Å².